The molecule has 0 aliphatic carbocycles. The Kier molecular flexibility index (Phi) is 6.14. The molecule has 0 aliphatic rings. The van der Waals surface area contributed by atoms with E-state index >= 15 is 0 Å². The fourth-order valence-electron chi connectivity index (χ4n) is 5.46. The smallest absolute Gasteiger partial charge is 0.0730 e. The second-order valence-corrected chi connectivity index (χ2v) is 13.0. The lowest BCUT2D eigenvalue weighted by molar-refractivity contribution is 0.590. The average molecular weight is 524 g/mol. The number of aromatic amines is 1. The minimum Gasteiger partial charge on any atom is -0.354 e. The number of hydrogen-bond acceptors (Lipinski definition) is 2. The lowest BCUT2D eigenvalue weighted by Crippen LogP contribution is -2.11. The first-order chi connectivity index (χ1) is 19.0. The van der Waals surface area contributed by atoms with Crippen LogP contribution in [0.5, 0.6) is 0 Å². The normalized spacial score (nSPS) is 12.4. The lowest BCUT2D eigenvalue weighted by atomic mass is 9.83. The Morgan fingerprint density at radius 2 is 1.18 bits per heavy atom. The van der Waals surface area contributed by atoms with Crippen LogP contribution in [0.25, 0.3) is 55.6 Å². The highest BCUT2D eigenvalue weighted by Crippen LogP contribution is 2.40. The zero-order chi connectivity index (χ0) is 28.2. The molecule has 3 aromatic carbocycles. The first kappa shape index (κ1) is 26.0. The zero-order valence-corrected chi connectivity index (χ0v) is 24.6. The Morgan fingerprint density at radius 1 is 0.575 bits per heavy atom. The van der Waals surface area contributed by atoms with Crippen LogP contribution >= 0.6 is 0 Å². The number of nitrogens with zero attached hydrogens (tertiary/aromatic N) is 2. The number of fused-ring (bicyclic) bond motifs is 3. The highest BCUT2D eigenvalue weighted by Gasteiger charge is 2.22. The molecule has 0 atom stereocenters. The van der Waals surface area contributed by atoms with E-state index in [0.717, 1.165) is 39.3 Å². The van der Waals surface area contributed by atoms with E-state index in [1.807, 2.05) is 24.4 Å². The van der Waals surface area contributed by atoms with Crippen molar-refractivity contribution in [3.63, 3.8) is 0 Å². The van der Waals surface area contributed by atoms with Gasteiger partial charge in [-0.05, 0) is 83.0 Å². The molecule has 0 bridgehead atoms. The van der Waals surface area contributed by atoms with E-state index in [4.69, 9.17) is 4.98 Å². The summed E-state index contributed by atoms with van der Waals surface area (Å²) in [5, 5.41) is 2.54. The minimum atomic E-state index is -0.00214. The van der Waals surface area contributed by atoms with Gasteiger partial charge in [-0.3, -0.25) is 4.98 Å². The third-order valence-electron chi connectivity index (χ3n) is 7.89. The largest absolute Gasteiger partial charge is 0.354 e. The summed E-state index contributed by atoms with van der Waals surface area (Å²) in [6.45, 7) is 15.9. The van der Waals surface area contributed by atoms with Crippen molar-refractivity contribution < 1.29 is 0 Å². The number of hydrogen-bond donors (Lipinski definition) is 1. The summed E-state index contributed by atoms with van der Waals surface area (Å²) < 4.78 is 0. The molecule has 3 aromatic heterocycles. The molecule has 0 amide bonds. The van der Waals surface area contributed by atoms with E-state index in [1.165, 1.54) is 33.0 Å². The van der Waals surface area contributed by atoms with Gasteiger partial charge in [0.15, 0.2) is 0 Å². The number of H-pyrrole nitrogens is 1. The lowest BCUT2D eigenvalue weighted by Gasteiger charge is -2.21. The van der Waals surface area contributed by atoms with Gasteiger partial charge < -0.3 is 4.98 Å². The number of nitrogens with one attached hydrogen (secondary N) is 1. The zero-order valence-electron chi connectivity index (χ0n) is 24.6. The van der Waals surface area contributed by atoms with Gasteiger partial charge in [0.1, 0.15) is 0 Å². The van der Waals surface area contributed by atoms with Crippen LogP contribution in [0.2, 0.25) is 0 Å². The van der Waals surface area contributed by atoms with Gasteiger partial charge >= 0.3 is 0 Å². The number of aryl methyl sites for hydroxylation is 1. The Balaban J connectivity index is 1.56. The van der Waals surface area contributed by atoms with Crippen LogP contribution in [0.4, 0.5) is 0 Å². The van der Waals surface area contributed by atoms with Crippen molar-refractivity contribution in [2.75, 3.05) is 0 Å². The summed E-state index contributed by atoms with van der Waals surface area (Å²) in [6.07, 6.45) is 1.83. The Bertz CT molecular complexity index is 1860. The summed E-state index contributed by atoms with van der Waals surface area (Å²) in [7, 11) is 0. The third kappa shape index (κ3) is 4.70. The van der Waals surface area contributed by atoms with Crippen molar-refractivity contribution >= 4 is 21.8 Å². The van der Waals surface area contributed by atoms with Crippen LogP contribution < -0.4 is 0 Å². The number of rotatable bonds is 3. The Labute approximate surface area is 237 Å². The number of aromatic nitrogens is 3. The molecule has 3 nitrogen and oxygen atoms in total. The summed E-state index contributed by atoms with van der Waals surface area (Å²) in [4.78, 5) is 13.6. The van der Waals surface area contributed by atoms with E-state index in [2.05, 4.69) is 125 Å². The molecule has 3 heterocycles. The molecule has 0 unspecified atom stereocenters. The van der Waals surface area contributed by atoms with Crippen LogP contribution in [-0.2, 0) is 10.8 Å². The summed E-state index contributed by atoms with van der Waals surface area (Å²) >= 11 is 0. The molecule has 0 fully saturated rings. The van der Waals surface area contributed by atoms with E-state index in [9.17, 15) is 0 Å². The summed E-state index contributed by atoms with van der Waals surface area (Å²) in [5.41, 5.74) is 12.5. The molecule has 0 radical (unpaired) electrons. The second-order valence-electron chi connectivity index (χ2n) is 13.0. The van der Waals surface area contributed by atoms with Gasteiger partial charge in [0.25, 0.3) is 0 Å². The molecule has 6 aromatic rings. The van der Waals surface area contributed by atoms with Crippen LogP contribution in [0.15, 0.2) is 91.1 Å². The monoisotopic (exact) mass is 523 g/mol. The quantitative estimate of drug-likeness (QED) is 0.251. The van der Waals surface area contributed by atoms with E-state index in [-0.39, 0.29) is 10.8 Å². The maximum atomic E-state index is 5.23. The molecular weight excluding hydrogens is 486 g/mol. The predicted molar refractivity (Wildman–Crippen MR) is 170 cm³/mol. The van der Waals surface area contributed by atoms with Crippen LogP contribution in [-0.4, -0.2) is 15.0 Å². The van der Waals surface area contributed by atoms with Crippen molar-refractivity contribution in [3.8, 4) is 33.8 Å². The van der Waals surface area contributed by atoms with E-state index in [1.54, 1.807) is 0 Å². The predicted octanol–water partition coefficient (Wildman–Crippen LogP) is 10.0. The minimum absolute atomic E-state index is 0.00214. The Hall–Kier alpha value is -4.24. The molecule has 0 saturated carbocycles. The van der Waals surface area contributed by atoms with Gasteiger partial charge in [-0.25, -0.2) is 4.98 Å². The van der Waals surface area contributed by atoms with Gasteiger partial charge in [-0.1, -0.05) is 77.9 Å². The molecule has 0 saturated heterocycles. The van der Waals surface area contributed by atoms with Crippen molar-refractivity contribution in [1.82, 2.24) is 15.0 Å². The van der Waals surface area contributed by atoms with Gasteiger partial charge in [0, 0.05) is 39.2 Å². The summed E-state index contributed by atoms with van der Waals surface area (Å²) in [6, 6.07) is 30.3. The molecule has 0 aliphatic heterocycles. The van der Waals surface area contributed by atoms with Crippen LogP contribution in [0.3, 0.4) is 0 Å². The average Bonchev–Trinajstić information content (AvgIpc) is 3.32. The fourth-order valence-corrected chi connectivity index (χ4v) is 5.46. The summed E-state index contributed by atoms with van der Waals surface area (Å²) in [5.74, 6) is 0. The standard InChI is InChI=1S/C37H37N3/c1-23-18-26(36(2,3)4)20-28-29-21-27(37(5,6)7)22-30(35(29)40-34(23)28)33-16-11-15-32(39-33)25-13-10-12-24(19-25)31-14-8-9-17-38-31/h8-22,40H,1-7H3. The van der Waals surface area contributed by atoms with Gasteiger partial charge in [0.05, 0.1) is 22.6 Å². The first-order valence-electron chi connectivity index (χ1n) is 14.1. The second kappa shape index (κ2) is 9.45. The first-order valence-corrected chi connectivity index (χ1v) is 14.1. The molecular formula is C37H37N3. The van der Waals surface area contributed by atoms with Crippen molar-refractivity contribution in [1.29, 1.82) is 0 Å². The molecule has 40 heavy (non-hydrogen) atoms. The van der Waals surface area contributed by atoms with Crippen molar-refractivity contribution in [3.05, 3.63) is 108 Å². The van der Waals surface area contributed by atoms with E-state index < -0.39 is 0 Å². The molecule has 200 valence electrons. The van der Waals surface area contributed by atoms with Gasteiger partial charge in [0.2, 0.25) is 0 Å². The Morgan fingerprint density at radius 3 is 1.85 bits per heavy atom. The van der Waals surface area contributed by atoms with Crippen molar-refractivity contribution in [2.45, 2.75) is 59.3 Å². The molecule has 1 N–H and O–H groups in total. The van der Waals surface area contributed by atoms with Crippen molar-refractivity contribution in [2.24, 2.45) is 0 Å². The molecule has 0 spiro atoms. The maximum Gasteiger partial charge on any atom is 0.0730 e. The van der Waals surface area contributed by atoms with Gasteiger partial charge in [-0.15, -0.1) is 0 Å². The molecule has 6 rings (SSSR count). The topological polar surface area (TPSA) is 41.6 Å². The van der Waals surface area contributed by atoms with E-state index in [0.29, 0.717) is 0 Å². The SMILES string of the molecule is Cc1cc(C(C)(C)C)cc2c1[nH]c1c(-c3cccc(-c4cccc(-c5ccccn5)c4)n3)cc(C(C)(C)C)cc12. The number of benzene rings is 3. The van der Waals surface area contributed by atoms with Crippen LogP contribution in [0, 0.1) is 6.92 Å². The highest BCUT2D eigenvalue weighted by atomic mass is 14.8. The van der Waals surface area contributed by atoms with Gasteiger partial charge in [-0.2, -0.15) is 0 Å². The maximum absolute atomic E-state index is 5.23. The number of pyridine rings is 2. The fraction of sp³-hybridized carbons (Fsp3) is 0.243. The van der Waals surface area contributed by atoms with Crippen LogP contribution in [0.1, 0.15) is 58.2 Å². The highest BCUT2D eigenvalue weighted by molar-refractivity contribution is 6.13. The molecule has 3 heteroatoms. The third-order valence-corrected chi connectivity index (χ3v) is 7.89.